The van der Waals surface area contributed by atoms with Crippen molar-refractivity contribution in [3.8, 4) is 0 Å². The van der Waals surface area contributed by atoms with E-state index >= 15 is 0 Å². The summed E-state index contributed by atoms with van der Waals surface area (Å²) in [5.41, 5.74) is -5.49. The summed E-state index contributed by atoms with van der Waals surface area (Å²) in [5, 5.41) is 10.2. The molecule has 0 heterocycles. The van der Waals surface area contributed by atoms with Crippen molar-refractivity contribution in [2.75, 3.05) is 0 Å². The van der Waals surface area contributed by atoms with Crippen LogP contribution in [0.3, 0.4) is 0 Å². The van der Waals surface area contributed by atoms with Crippen molar-refractivity contribution in [1.29, 1.82) is 0 Å². The van der Waals surface area contributed by atoms with Crippen LogP contribution in [-0.4, -0.2) is 23.4 Å². The summed E-state index contributed by atoms with van der Waals surface area (Å²) in [6.45, 7) is 0. The minimum atomic E-state index is -5.84. The van der Waals surface area contributed by atoms with Gasteiger partial charge >= 0.3 is 15.6 Å². The number of benzene rings is 1. The quantitative estimate of drug-likeness (QED) is 0.273. The van der Waals surface area contributed by atoms with Crippen molar-refractivity contribution in [2.24, 2.45) is 0 Å². The van der Waals surface area contributed by atoms with Crippen LogP contribution in [0.4, 0.5) is 18.9 Å². The molecule has 0 amide bonds. The molecule has 0 unspecified atom stereocenters. The summed E-state index contributed by atoms with van der Waals surface area (Å²) < 4.78 is 57.5. The van der Waals surface area contributed by atoms with Gasteiger partial charge in [0.05, 0.1) is 9.82 Å². The molecule has 1 rings (SSSR count). The summed E-state index contributed by atoms with van der Waals surface area (Å²) in [5.74, 6) is 0. The average molecular weight is 305 g/mol. The van der Waals surface area contributed by atoms with E-state index in [9.17, 15) is 23.3 Å². The molecule has 0 fully saturated rings. The molecule has 6 nitrogen and oxygen atoms in total. The molecule has 0 aliphatic carbocycles. The lowest BCUT2D eigenvalue weighted by atomic mass is 10.3. The van der Waals surface area contributed by atoms with Crippen LogP contribution in [0.1, 0.15) is 0 Å². The molecule has 1 N–H and O–H groups in total. The third kappa shape index (κ3) is 5.33. The fraction of sp³-hybridized carbons (Fsp3) is 0.143. The maximum Gasteiger partial charge on any atom is 0.522 e. The van der Waals surface area contributed by atoms with Crippen molar-refractivity contribution >= 4 is 28.4 Å². The van der Waals surface area contributed by atoms with Crippen LogP contribution < -0.4 is 0 Å². The zero-order valence-electron chi connectivity index (χ0n) is 8.33. The topological polar surface area (TPSA) is 97.5 Å². The van der Waals surface area contributed by atoms with Crippen LogP contribution in [0.5, 0.6) is 0 Å². The monoisotopic (exact) mass is 305 g/mol. The molecule has 0 aliphatic rings. The molecule has 0 atom stereocenters. The van der Waals surface area contributed by atoms with Crippen molar-refractivity contribution in [2.45, 2.75) is 10.4 Å². The van der Waals surface area contributed by atoms with E-state index in [1.54, 1.807) is 18.2 Å². The molecule has 0 saturated heterocycles. The Labute approximate surface area is 105 Å². The van der Waals surface area contributed by atoms with E-state index < -0.39 is 20.5 Å². The van der Waals surface area contributed by atoms with E-state index in [1.165, 1.54) is 6.07 Å². The van der Waals surface area contributed by atoms with E-state index in [4.69, 9.17) is 13.0 Å². The molecule has 102 valence electrons. The number of alkyl halides is 3. The number of rotatable bonds is 1. The molecule has 0 saturated carbocycles. The van der Waals surface area contributed by atoms with Crippen LogP contribution in [0, 0.1) is 10.1 Å². The van der Waals surface area contributed by atoms with Crippen LogP contribution in [0.25, 0.3) is 0 Å². The van der Waals surface area contributed by atoms with E-state index in [-0.39, 0.29) is 5.69 Å². The van der Waals surface area contributed by atoms with Crippen LogP contribution in [0.2, 0.25) is 0 Å². The fourth-order valence-electron chi connectivity index (χ4n) is 0.619. The first-order chi connectivity index (χ1) is 7.97. The lowest BCUT2D eigenvalue weighted by Gasteiger charge is -1.97. The van der Waals surface area contributed by atoms with Crippen molar-refractivity contribution in [3.05, 3.63) is 34.4 Å². The van der Waals surface area contributed by atoms with Crippen molar-refractivity contribution in [3.63, 3.8) is 0 Å². The molecule has 18 heavy (non-hydrogen) atoms. The van der Waals surface area contributed by atoms with Crippen LogP contribution in [0.15, 0.2) is 29.2 Å². The Morgan fingerprint density at radius 2 is 1.67 bits per heavy atom. The van der Waals surface area contributed by atoms with Gasteiger partial charge in [-0.1, -0.05) is 12.1 Å². The van der Waals surface area contributed by atoms with Gasteiger partial charge in [-0.2, -0.15) is 21.6 Å². The van der Waals surface area contributed by atoms with Gasteiger partial charge in [0.1, 0.15) is 0 Å². The Hall–Kier alpha value is -1.33. The molecule has 1 aromatic rings. The molecule has 1 aromatic carbocycles. The standard InChI is InChI=1S/C6H5NO2S.CHF3O3S/c8-7(9)5-3-1-2-4-6(5)10;2-1(3,4)8(5,6)7/h1-4,10H;(H,5,6,7). The number of nitrogens with zero attached hydrogens (tertiary/aromatic N) is 1. The van der Waals surface area contributed by atoms with Crippen LogP contribution in [-0.2, 0) is 10.1 Å². The molecule has 11 heteroatoms. The highest BCUT2D eigenvalue weighted by atomic mass is 32.2. The summed E-state index contributed by atoms with van der Waals surface area (Å²) in [4.78, 5) is 10.1. The van der Waals surface area contributed by atoms with Gasteiger partial charge < -0.3 is 0 Å². The Kier molecular flexibility index (Phi) is 5.57. The van der Waals surface area contributed by atoms with E-state index in [2.05, 4.69) is 12.6 Å². The zero-order valence-corrected chi connectivity index (χ0v) is 10.0. The van der Waals surface area contributed by atoms with E-state index in [0.717, 1.165) is 0 Å². The van der Waals surface area contributed by atoms with Crippen molar-refractivity contribution in [1.82, 2.24) is 0 Å². The third-order valence-electron chi connectivity index (χ3n) is 1.37. The normalized spacial score (nSPS) is 11.4. The molecular weight excluding hydrogens is 299 g/mol. The third-order valence-corrected chi connectivity index (χ3v) is 2.33. The number of hydrogen-bond acceptors (Lipinski definition) is 5. The van der Waals surface area contributed by atoms with Gasteiger partial charge in [0, 0.05) is 6.07 Å². The SMILES string of the molecule is O=S(=O)(O)C(F)(F)F.O=[N+]([O-])c1ccccc1S. The number of hydrogen-bond donors (Lipinski definition) is 2. The second-order valence-corrected chi connectivity index (χ2v) is 4.56. The Bertz CT molecular complexity index is 528. The van der Waals surface area contributed by atoms with Crippen molar-refractivity contribution < 1.29 is 31.1 Å². The smallest absolute Gasteiger partial charge is 0.279 e. The van der Waals surface area contributed by atoms with Gasteiger partial charge in [-0.15, -0.1) is 12.6 Å². The van der Waals surface area contributed by atoms with Gasteiger partial charge in [-0.05, 0) is 6.07 Å². The van der Waals surface area contributed by atoms with Gasteiger partial charge in [0.15, 0.2) is 0 Å². The first kappa shape index (κ1) is 16.7. The lowest BCUT2D eigenvalue weighted by molar-refractivity contribution is -0.387. The Balaban J connectivity index is 0.000000331. The summed E-state index contributed by atoms with van der Waals surface area (Å²) in [7, 11) is -5.84. The zero-order chi connectivity index (χ0) is 14.6. The van der Waals surface area contributed by atoms with Crippen LogP contribution >= 0.6 is 12.6 Å². The number of halogens is 3. The number of nitro benzene ring substituents is 1. The predicted octanol–water partition coefficient (Wildman–Crippen LogP) is 2.28. The molecule has 0 aliphatic heterocycles. The second kappa shape index (κ2) is 6.02. The first-order valence-electron chi connectivity index (χ1n) is 3.93. The predicted molar refractivity (Wildman–Crippen MR) is 58.0 cm³/mol. The average Bonchev–Trinajstić information content (AvgIpc) is 2.15. The maximum absolute atomic E-state index is 10.7. The fourth-order valence-corrected chi connectivity index (χ4v) is 0.861. The highest BCUT2D eigenvalue weighted by Crippen LogP contribution is 2.21. The molecular formula is C7H6F3NO5S2. The number of nitro groups is 1. The van der Waals surface area contributed by atoms with Gasteiger partial charge in [-0.25, -0.2) is 0 Å². The Morgan fingerprint density at radius 3 is 1.89 bits per heavy atom. The largest absolute Gasteiger partial charge is 0.522 e. The van der Waals surface area contributed by atoms with Gasteiger partial charge in [-0.3, -0.25) is 14.7 Å². The Morgan fingerprint density at radius 1 is 1.28 bits per heavy atom. The molecule has 0 bridgehead atoms. The summed E-state index contributed by atoms with van der Waals surface area (Å²) in [6, 6.07) is 6.32. The number of thiol groups is 1. The molecule has 0 spiro atoms. The van der Waals surface area contributed by atoms with Gasteiger partial charge in [0.25, 0.3) is 5.69 Å². The van der Waals surface area contributed by atoms with Gasteiger partial charge in [0.2, 0.25) is 0 Å². The molecule has 0 radical (unpaired) electrons. The lowest BCUT2D eigenvalue weighted by Crippen LogP contribution is -2.21. The second-order valence-electron chi connectivity index (χ2n) is 2.67. The van der Waals surface area contributed by atoms with E-state index in [1.807, 2.05) is 0 Å². The summed E-state index contributed by atoms with van der Waals surface area (Å²) >= 11 is 3.90. The maximum atomic E-state index is 10.7. The number of para-hydroxylation sites is 1. The van der Waals surface area contributed by atoms with E-state index in [0.29, 0.717) is 4.90 Å². The minimum absolute atomic E-state index is 0.0471. The molecule has 0 aromatic heterocycles. The highest BCUT2D eigenvalue weighted by Gasteiger charge is 2.44. The highest BCUT2D eigenvalue weighted by molar-refractivity contribution is 7.86. The minimum Gasteiger partial charge on any atom is -0.279 e. The first-order valence-corrected chi connectivity index (χ1v) is 5.81. The summed E-state index contributed by atoms with van der Waals surface area (Å²) in [6.07, 6.45) is 0.